The molecule has 2 heterocycles. The van der Waals surface area contributed by atoms with Gasteiger partial charge in [-0.2, -0.15) is 10.1 Å². The van der Waals surface area contributed by atoms with Gasteiger partial charge in [0, 0.05) is 24.8 Å². The Morgan fingerprint density at radius 3 is 2.76 bits per heavy atom. The van der Waals surface area contributed by atoms with E-state index in [-0.39, 0.29) is 17.7 Å². The number of guanidine groups is 1. The van der Waals surface area contributed by atoms with Gasteiger partial charge in [0.1, 0.15) is 5.83 Å². The largest absolute Gasteiger partial charge is 0.378 e. The summed E-state index contributed by atoms with van der Waals surface area (Å²) in [7, 11) is 0. The van der Waals surface area contributed by atoms with Crippen LogP contribution in [0, 0.1) is 6.92 Å². The number of para-hydroxylation sites is 1. The van der Waals surface area contributed by atoms with Crippen LogP contribution >= 0.6 is 11.6 Å². The molecule has 0 spiro atoms. The van der Waals surface area contributed by atoms with Crippen LogP contribution in [0.15, 0.2) is 63.3 Å². The average molecular weight is 486 g/mol. The summed E-state index contributed by atoms with van der Waals surface area (Å²) in [5, 5.41) is 7.30. The maximum atomic E-state index is 14.1. The van der Waals surface area contributed by atoms with Crippen molar-refractivity contribution in [2.45, 2.75) is 13.8 Å². The van der Waals surface area contributed by atoms with Crippen molar-refractivity contribution in [3.05, 3.63) is 70.0 Å². The van der Waals surface area contributed by atoms with Gasteiger partial charge in [0.05, 0.1) is 35.8 Å². The fraction of sp³-hybridized carbons (Fsp3) is 0.261. The highest BCUT2D eigenvalue weighted by molar-refractivity contribution is 6.34. The molecule has 1 fully saturated rings. The Labute approximate surface area is 202 Å². The lowest BCUT2D eigenvalue weighted by Crippen LogP contribution is -2.36. The molecule has 1 aliphatic rings. The van der Waals surface area contributed by atoms with Crippen LogP contribution in [0.1, 0.15) is 28.5 Å². The van der Waals surface area contributed by atoms with Gasteiger partial charge in [-0.05, 0) is 44.3 Å². The molecule has 1 amide bonds. The van der Waals surface area contributed by atoms with Crippen molar-refractivity contribution in [2.24, 2.45) is 15.1 Å². The Balaban J connectivity index is 1.70. The molecule has 2 aromatic rings. The molecule has 0 unspecified atom stereocenters. The molecule has 3 rings (SSSR count). The molecule has 34 heavy (non-hydrogen) atoms. The Hall–Kier alpha value is -3.63. The molecule has 1 aromatic carbocycles. The zero-order valence-electron chi connectivity index (χ0n) is 18.9. The molecule has 0 saturated carbocycles. The van der Waals surface area contributed by atoms with Crippen LogP contribution in [-0.2, 0) is 4.74 Å². The summed E-state index contributed by atoms with van der Waals surface area (Å²) in [5.74, 6) is -0.643. The fourth-order valence-corrected chi connectivity index (χ4v) is 3.40. The lowest BCUT2D eigenvalue weighted by Gasteiger charge is -2.28. The Morgan fingerprint density at radius 2 is 2.09 bits per heavy atom. The van der Waals surface area contributed by atoms with E-state index in [4.69, 9.17) is 16.3 Å². The van der Waals surface area contributed by atoms with E-state index in [1.54, 1.807) is 23.1 Å². The van der Waals surface area contributed by atoms with E-state index in [0.29, 0.717) is 48.3 Å². The predicted octanol–water partition coefficient (Wildman–Crippen LogP) is 3.77. The molecular formula is C23H25ClFN7O2. The highest BCUT2D eigenvalue weighted by atomic mass is 35.5. The number of amides is 1. The topological polar surface area (TPSA) is 104 Å². The number of ether oxygens (including phenoxy) is 1. The number of halogens is 2. The third kappa shape index (κ3) is 6.69. The number of hydrazone groups is 1. The van der Waals surface area contributed by atoms with E-state index in [1.165, 1.54) is 19.3 Å². The molecule has 0 aliphatic carbocycles. The number of benzene rings is 1. The number of aliphatic imine (C=N–C) groups is 2. The number of aromatic nitrogens is 1. The first-order valence-electron chi connectivity index (χ1n) is 10.4. The van der Waals surface area contributed by atoms with Gasteiger partial charge in [-0.1, -0.05) is 23.7 Å². The zero-order valence-corrected chi connectivity index (χ0v) is 19.6. The van der Waals surface area contributed by atoms with Crippen molar-refractivity contribution in [3.63, 3.8) is 0 Å². The second kappa shape index (κ2) is 12.0. The number of anilines is 1. The monoisotopic (exact) mass is 485 g/mol. The van der Waals surface area contributed by atoms with Crippen molar-refractivity contribution in [3.8, 4) is 0 Å². The molecule has 0 atom stereocenters. The predicted molar refractivity (Wildman–Crippen MR) is 132 cm³/mol. The van der Waals surface area contributed by atoms with Crippen LogP contribution < -0.4 is 10.7 Å². The number of hydrogen-bond donors (Lipinski definition) is 2. The lowest BCUT2D eigenvalue weighted by atomic mass is 10.1. The Morgan fingerprint density at radius 1 is 1.32 bits per heavy atom. The number of pyridine rings is 1. The zero-order chi connectivity index (χ0) is 24.5. The lowest BCUT2D eigenvalue weighted by molar-refractivity contribution is 0.0518. The van der Waals surface area contributed by atoms with E-state index in [9.17, 15) is 9.18 Å². The van der Waals surface area contributed by atoms with Gasteiger partial charge >= 0.3 is 0 Å². The van der Waals surface area contributed by atoms with E-state index >= 15 is 0 Å². The van der Waals surface area contributed by atoms with Crippen LogP contribution in [0.25, 0.3) is 0 Å². The Bertz CT molecular complexity index is 1120. The quantitative estimate of drug-likeness (QED) is 0.368. The minimum Gasteiger partial charge on any atom is -0.378 e. The van der Waals surface area contributed by atoms with Crippen LogP contribution in [-0.4, -0.2) is 61.0 Å². The number of allylic oxidation sites excluding steroid dienone is 1. The normalized spacial score (nSPS) is 15.2. The summed E-state index contributed by atoms with van der Waals surface area (Å²) in [6.45, 7) is 8.63. The first kappa shape index (κ1) is 25.0. The van der Waals surface area contributed by atoms with Gasteiger partial charge in [-0.25, -0.2) is 14.8 Å². The minimum atomic E-state index is -0.456. The van der Waals surface area contributed by atoms with Gasteiger partial charge in [0.25, 0.3) is 5.91 Å². The van der Waals surface area contributed by atoms with Gasteiger partial charge < -0.3 is 15.0 Å². The van der Waals surface area contributed by atoms with Gasteiger partial charge in [0.15, 0.2) is 5.82 Å². The van der Waals surface area contributed by atoms with Gasteiger partial charge in [0.2, 0.25) is 5.96 Å². The van der Waals surface area contributed by atoms with Crippen LogP contribution in [0.3, 0.4) is 0 Å². The van der Waals surface area contributed by atoms with Crippen LogP contribution in [0.5, 0.6) is 0 Å². The number of aryl methyl sites for hydroxylation is 1. The fourth-order valence-electron chi connectivity index (χ4n) is 3.13. The first-order chi connectivity index (χ1) is 16.4. The Kier molecular flexibility index (Phi) is 8.83. The van der Waals surface area contributed by atoms with E-state index < -0.39 is 5.83 Å². The van der Waals surface area contributed by atoms with Crippen molar-refractivity contribution in [2.75, 3.05) is 31.6 Å². The summed E-state index contributed by atoms with van der Waals surface area (Å²) < 4.78 is 19.4. The number of rotatable bonds is 6. The molecule has 1 aromatic heterocycles. The summed E-state index contributed by atoms with van der Waals surface area (Å²) >= 11 is 6.19. The summed E-state index contributed by atoms with van der Waals surface area (Å²) in [6, 6.07) is 8.51. The summed E-state index contributed by atoms with van der Waals surface area (Å²) in [4.78, 5) is 26.6. The molecule has 0 radical (unpaired) electrons. The van der Waals surface area contributed by atoms with Crippen molar-refractivity contribution >= 4 is 42.1 Å². The smallest absolute Gasteiger partial charge is 0.255 e. The number of hydrogen-bond acceptors (Lipinski definition) is 6. The molecular weight excluding hydrogens is 461 g/mol. The number of nitrogens with zero attached hydrogens (tertiary/aromatic N) is 5. The van der Waals surface area contributed by atoms with Crippen LogP contribution in [0.2, 0.25) is 5.02 Å². The second-order valence-corrected chi connectivity index (χ2v) is 7.68. The van der Waals surface area contributed by atoms with Crippen LogP contribution in [0.4, 0.5) is 10.1 Å². The minimum absolute atomic E-state index is 0.0119. The maximum Gasteiger partial charge on any atom is 0.255 e. The highest BCUT2D eigenvalue weighted by Crippen LogP contribution is 2.25. The van der Waals surface area contributed by atoms with E-state index in [2.05, 4.69) is 37.5 Å². The van der Waals surface area contributed by atoms with E-state index in [0.717, 1.165) is 5.56 Å². The highest BCUT2D eigenvalue weighted by Gasteiger charge is 2.17. The average Bonchev–Trinajstić information content (AvgIpc) is 2.84. The molecule has 178 valence electrons. The summed E-state index contributed by atoms with van der Waals surface area (Å²) in [5.41, 5.74) is 4.79. The van der Waals surface area contributed by atoms with E-state index in [1.807, 2.05) is 19.1 Å². The molecule has 2 N–H and O–H groups in total. The number of carbonyl (C=O) groups excluding carboxylic acids is 1. The number of morpholine rings is 1. The summed E-state index contributed by atoms with van der Waals surface area (Å²) in [6.07, 6.45) is 2.88. The SMILES string of the molecule is C=NC(=N/C(=C(\C)F)N1CCOCC1)N/N=C/c1cc(C(=O)Nc2c(C)cccc2Cl)ccn1. The molecule has 1 aliphatic heterocycles. The van der Waals surface area contributed by atoms with Crippen molar-refractivity contribution in [1.82, 2.24) is 15.3 Å². The molecule has 1 saturated heterocycles. The molecule has 9 nitrogen and oxygen atoms in total. The third-order valence-corrected chi connectivity index (χ3v) is 5.16. The molecule has 11 heteroatoms. The standard InChI is InChI=1S/C23H25ClFN7O2/c1-15-5-4-6-19(24)20(15)29-22(33)17-7-8-27-18(13-17)14-28-31-23(26-3)30-21(16(2)25)32-9-11-34-12-10-32/h4-8,13-14H,3,9-12H2,1-2H3,(H,29,33)(H,30,31)/b21-16-,28-14+. The number of carbonyl (C=O) groups is 1. The van der Waals surface area contributed by atoms with Gasteiger partial charge in [-0.3, -0.25) is 9.78 Å². The number of nitrogens with one attached hydrogen (secondary N) is 2. The van der Waals surface area contributed by atoms with Crippen molar-refractivity contribution in [1.29, 1.82) is 0 Å². The third-order valence-electron chi connectivity index (χ3n) is 4.85. The maximum absolute atomic E-state index is 14.1. The second-order valence-electron chi connectivity index (χ2n) is 7.28. The van der Waals surface area contributed by atoms with Gasteiger partial charge in [-0.15, -0.1) is 0 Å². The first-order valence-corrected chi connectivity index (χ1v) is 10.8. The van der Waals surface area contributed by atoms with Crippen molar-refractivity contribution < 1.29 is 13.9 Å². The molecule has 0 bridgehead atoms.